The number of rotatable bonds is 4. The molecular formula is C17H29N3O. The van der Waals surface area contributed by atoms with E-state index in [2.05, 4.69) is 57.8 Å². The molecule has 4 heteroatoms. The monoisotopic (exact) mass is 291 g/mol. The summed E-state index contributed by atoms with van der Waals surface area (Å²) in [6.07, 6.45) is 1.99. The van der Waals surface area contributed by atoms with Gasteiger partial charge in [0.05, 0.1) is 11.2 Å². The fourth-order valence-electron chi connectivity index (χ4n) is 3.26. The van der Waals surface area contributed by atoms with Gasteiger partial charge in [-0.1, -0.05) is 6.92 Å². The summed E-state index contributed by atoms with van der Waals surface area (Å²) in [5, 5.41) is 3.34. The van der Waals surface area contributed by atoms with Gasteiger partial charge in [-0.2, -0.15) is 0 Å². The fourth-order valence-corrected chi connectivity index (χ4v) is 3.26. The molecule has 0 amide bonds. The first-order chi connectivity index (χ1) is 9.72. The summed E-state index contributed by atoms with van der Waals surface area (Å²) in [5.41, 5.74) is 2.17. The molecule has 118 valence electrons. The normalized spacial score (nSPS) is 20.6. The summed E-state index contributed by atoms with van der Waals surface area (Å²) in [5.74, 6) is 1.08. The van der Waals surface area contributed by atoms with E-state index in [-0.39, 0.29) is 11.2 Å². The lowest BCUT2D eigenvalue weighted by molar-refractivity contribution is -0.133. The van der Waals surface area contributed by atoms with Crippen molar-refractivity contribution in [3.05, 3.63) is 23.4 Å². The molecule has 1 fully saturated rings. The second kappa shape index (κ2) is 5.93. The number of aromatic nitrogens is 1. The molecule has 0 radical (unpaired) electrons. The zero-order chi connectivity index (χ0) is 15.7. The van der Waals surface area contributed by atoms with Crippen LogP contribution in [0.4, 0.5) is 5.82 Å². The Morgan fingerprint density at radius 1 is 1.24 bits per heavy atom. The molecular weight excluding hydrogens is 262 g/mol. The van der Waals surface area contributed by atoms with Crippen LogP contribution >= 0.6 is 0 Å². The molecule has 0 atom stereocenters. The molecule has 2 rings (SSSR count). The van der Waals surface area contributed by atoms with Gasteiger partial charge in [-0.05, 0) is 58.4 Å². The number of hydrogen-bond donors (Lipinski definition) is 1. The minimum absolute atomic E-state index is 0.154. The maximum atomic E-state index is 6.15. The van der Waals surface area contributed by atoms with Crippen LogP contribution in [0.3, 0.4) is 0 Å². The molecule has 0 spiro atoms. The van der Waals surface area contributed by atoms with Gasteiger partial charge in [-0.3, -0.25) is 0 Å². The Kier molecular flexibility index (Phi) is 4.59. The summed E-state index contributed by atoms with van der Waals surface area (Å²) in [4.78, 5) is 7.07. The lowest BCUT2D eigenvalue weighted by Crippen LogP contribution is -2.57. The third-order valence-corrected chi connectivity index (χ3v) is 3.68. The number of pyridine rings is 1. The number of aryl methyl sites for hydroxylation is 1. The molecule has 2 heterocycles. The third-order valence-electron chi connectivity index (χ3n) is 3.68. The van der Waals surface area contributed by atoms with Crippen molar-refractivity contribution in [1.29, 1.82) is 0 Å². The van der Waals surface area contributed by atoms with Crippen molar-refractivity contribution < 1.29 is 4.74 Å². The van der Waals surface area contributed by atoms with Gasteiger partial charge in [-0.15, -0.1) is 0 Å². The molecule has 1 aliphatic heterocycles. The summed E-state index contributed by atoms with van der Waals surface area (Å²) < 4.78 is 6.15. The molecule has 1 saturated heterocycles. The van der Waals surface area contributed by atoms with Crippen LogP contribution in [0.25, 0.3) is 0 Å². The molecule has 4 nitrogen and oxygen atoms in total. The SMILES string of the molecule is CCNCc1cnc(N2CC(C)(C)OC(C)(C)C2)c(C)c1. The number of nitrogens with one attached hydrogen (secondary N) is 1. The fraction of sp³-hybridized carbons (Fsp3) is 0.706. The molecule has 1 aromatic heterocycles. The van der Waals surface area contributed by atoms with Crippen molar-refractivity contribution in [3.63, 3.8) is 0 Å². The maximum absolute atomic E-state index is 6.15. The number of morpholine rings is 1. The average molecular weight is 291 g/mol. The molecule has 0 unspecified atom stereocenters. The van der Waals surface area contributed by atoms with E-state index < -0.39 is 0 Å². The van der Waals surface area contributed by atoms with Crippen LogP contribution in [-0.4, -0.2) is 35.8 Å². The van der Waals surface area contributed by atoms with E-state index in [1.807, 2.05) is 6.20 Å². The smallest absolute Gasteiger partial charge is 0.131 e. The van der Waals surface area contributed by atoms with Crippen LogP contribution in [0.2, 0.25) is 0 Å². The number of hydrogen-bond acceptors (Lipinski definition) is 4. The highest BCUT2D eigenvalue weighted by atomic mass is 16.5. The Morgan fingerprint density at radius 3 is 2.38 bits per heavy atom. The van der Waals surface area contributed by atoms with Crippen LogP contribution in [-0.2, 0) is 11.3 Å². The van der Waals surface area contributed by atoms with Crippen molar-refractivity contribution >= 4 is 5.82 Å². The van der Waals surface area contributed by atoms with Gasteiger partial charge in [-0.25, -0.2) is 4.98 Å². The molecule has 21 heavy (non-hydrogen) atoms. The lowest BCUT2D eigenvalue weighted by Gasteiger charge is -2.47. The minimum atomic E-state index is -0.154. The first-order valence-electron chi connectivity index (χ1n) is 7.84. The van der Waals surface area contributed by atoms with Gasteiger partial charge in [0.2, 0.25) is 0 Å². The van der Waals surface area contributed by atoms with Gasteiger partial charge in [0.25, 0.3) is 0 Å². The molecule has 1 aromatic rings. The van der Waals surface area contributed by atoms with Crippen molar-refractivity contribution in [2.45, 2.75) is 59.3 Å². The quantitative estimate of drug-likeness (QED) is 0.925. The van der Waals surface area contributed by atoms with Crippen LogP contribution in [0.15, 0.2) is 12.3 Å². The highest BCUT2D eigenvalue weighted by Gasteiger charge is 2.38. The van der Waals surface area contributed by atoms with Gasteiger partial charge >= 0.3 is 0 Å². The molecule has 0 bridgehead atoms. The first-order valence-corrected chi connectivity index (χ1v) is 7.84. The van der Waals surface area contributed by atoms with E-state index in [1.165, 1.54) is 11.1 Å². The second-order valence-electron chi connectivity index (χ2n) is 7.24. The molecule has 0 aliphatic carbocycles. The predicted molar refractivity (Wildman–Crippen MR) is 87.8 cm³/mol. The highest BCUT2D eigenvalue weighted by molar-refractivity contribution is 5.48. The van der Waals surface area contributed by atoms with E-state index in [0.29, 0.717) is 0 Å². The molecule has 1 N–H and O–H groups in total. The molecule has 0 saturated carbocycles. The Labute approximate surface area is 128 Å². The molecule has 0 aromatic carbocycles. The van der Waals surface area contributed by atoms with E-state index in [9.17, 15) is 0 Å². The van der Waals surface area contributed by atoms with Crippen LogP contribution in [0, 0.1) is 6.92 Å². The highest BCUT2D eigenvalue weighted by Crippen LogP contribution is 2.31. The van der Waals surface area contributed by atoms with Crippen molar-refractivity contribution in [2.24, 2.45) is 0 Å². The van der Waals surface area contributed by atoms with Gasteiger partial charge < -0.3 is 15.0 Å². The summed E-state index contributed by atoms with van der Waals surface area (Å²) in [7, 11) is 0. The third kappa shape index (κ3) is 4.17. The van der Waals surface area contributed by atoms with Crippen LogP contribution < -0.4 is 10.2 Å². The van der Waals surface area contributed by atoms with Crippen LogP contribution in [0.1, 0.15) is 45.7 Å². The Morgan fingerprint density at radius 2 is 1.86 bits per heavy atom. The van der Waals surface area contributed by atoms with E-state index >= 15 is 0 Å². The number of nitrogens with zero attached hydrogens (tertiary/aromatic N) is 2. The number of ether oxygens (including phenoxy) is 1. The summed E-state index contributed by atoms with van der Waals surface area (Å²) in [6.45, 7) is 16.5. The van der Waals surface area contributed by atoms with Gasteiger partial charge in [0.1, 0.15) is 5.82 Å². The van der Waals surface area contributed by atoms with Gasteiger partial charge in [0, 0.05) is 25.8 Å². The topological polar surface area (TPSA) is 37.4 Å². The summed E-state index contributed by atoms with van der Waals surface area (Å²) >= 11 is 0. The number of anilines is 1. The standard InChI is InChI=1S/C17H29N3O/c1-7-18-9-14-8-13(2)15(19-10-14)20-11-16(3,4)21-17(5,6)12-20/h8,10,18H,7,9,11-12H2,1-6H3. The van der Waals surface area contributed by atoms with E-state index in [0.717, 1.165) is 32.0 Å². The van der Waals surface area contributed by atoms with E-state index in [4.69, 9.17) is 9.72 Å². The average Bonchev–Trinajstić information content (AvgIpc) is 2.32. The molecule has 1 aliphatic rings. The van der Waals surface area contributed by atoms with Crippen molar-refractivity contribution in [1.82, 2.24) is 10.3 Å². The zero-order valence-corrected chi connectivity index (χ0v) is 14.3. The van der Waals surface area contributed by atoms with Gasteiger partial charge in [0.15, 0.2) is 0 Å². The van der Waals surface area contributed by atoms with E-state index in [1.54, 1.807) is 0 Å². The maximum Gasteiger partial charge on any atom is 0.131 e. The lowest BCUT2D eigenvalue weighted by atomic mass is 9.98. The minimum Gasteiger partial charge on any atom is -0.366 e. The largest absolute Gasteiger partial charge is 0.366 e. The second-order valence-corrected chi connectivity index (χ2v) is 7.24. The zero-order valence-electron chi connectivity index (χ0n) is 14.3. The van der Waals surface area contributed by atoms with Crippen molar-refractivity contribution in [2.75, 3.05) is 24.5 Å². The first kappa shape index (κ1) is 16.2. The Balaban J connectivity index is 2.21. The van der Waals surface area contributed by atoms with Crippen LogP contribution in [0.5, 0.6) is 0 Å². The Bertz CT molecular complexity index is 481. The predicted octanol–water partition coefficient (Wildman–Crippen LogP) is 2.89. The Hall–Kier alpha value is -1.13. The summed E-state index contributed by atoms with van der Waals surface area (Å²) in [6, 6.07) is 2.24. The van der Waals surface area contributed by atoms with Crippen molar-refractivity contribution in [3.8, 4) is 0 Å².